The van der Waals surface area contributed by atoms with Gasteiger partial charge in [-0.3, -0.25) is 0 Å². The molecule has 15 heavy (non-hydrogen) atoms. The standard InChI is InChI=1S/C12H23NO2/c1-9-5-7-10(8-6-9)14-11(13)15-12(2,3)4/h9-10,13H,5-8H2,1-4H3. The SMILES string of the molecule is CC1CCC(OC(=N)OC(C)(C)C)CC1. The monoisotopic (exact) mass is 213 g/mol. The summed E-state index contributed by atoms with van der Waals surface area (Å²) in [6.45, 7) is 8.04. The van der Waals surface area contributed by atoms with E-state index in [2.05, 4.69) is 6.92 Å². The molecule has 0 unspecified atom stereocenters. The largest absolute Gasteiger partial charge is 0.448 e. The van der Waals surface area contributed by atoms with Crippen LogP contribution in [0, 0.1) is 11.3 Å². The van der Waals surface area contributed by atoms with Crippen LogP contribution in [0.4, 0.5) is 0 Å². The van der Waals surface area contributed by atoms with E-state index in [0.29, 0.717) is 0 Å². The van der Waals surface area contributed by atoms with Gasteiger partial charge in [0.25, 0.3) is 0 Å². The molecule has 0 radical (unpaired) electrons. The summed E-state index contributed by atoms with van der Waals surface area (Å²) >= 11 is 0. The summed E-state index contributed by atoms with van der Waals surface area (Å²) in [5, 5.41) is 7.59. The second-order valence-corrected chi connectivity index (χ2v) is 5.50. The van der Waals surface area contributed by atoms with Gasteiger partial charge < -0.3 is 9.47 Å². The molecule has 1 rings (SSSR count). The summed E-state index contributed by atoms with van der Waals surface area (Å²) in [4.78, 5) is 0. The van der Waals surface area contributed by atoms with Gasteiger partial charge in [-0.25, -0.2) is 5.41 Å². The molecule has 0 amide bonds. The molecule has 88 valence electrons. The second-order valence-electron chi connectivity index (χ2n) is 5.50. The Kier molecular flexibility index (Phi) is 4.00. The predicted octanol–water partition coefficient (Wildman–Crippen LogP) is 3.33. The van der Waals surface area contributed by atoms with Crippen LogP contribution in [-0.2, 0) is 9.47 Å². The minimum absolute atomic E-state index is 0.0259. The molecule has 1 N–H and O–H groups in total. The zero-order valence-corrected chi connectivity index (χ0v) is 10.3. The highest BCUT2D eigenvalue weighted by Crippen LogP contribution is 2.26. The van der Waals surface area contributed by atoms with Crippen LogP contribution >= 0.6 is 0 Å². The molecule has 0 aromatic heterocycles. The quantitative estimate of drug-likeness (QED) is 0.536. The first-order valence-corrected chi connectivity index (χ1v) is 5.81. The van der Waals surface area contributed by atoms with Crippen molar-refractivity contribution in [1.82, 2.24) is 0 Å². The van der Waals surface area contributed by atoms with Gasteiger partial charge in [0.05, 0.1) is 0 Å². The van der Waals surface area contributed by atoms with Gasteiger partial charge in [0, 0.05) is 0 Å². The summed E-state index contributed by atoms with van der Waals surface area (Å²) in [5.41, 5.74) is -0.334. The number of hydrogen-bond donors (Lipinski definition) is 1. The summed E-state index contributed by atoms with van der Waals surface area (Å²) < 4.78 is 10.8. The molecule has 0 saturated heterocycles. The van der Waals surface area contributed by atoms with Gasteiger partial charge in [-0.15, -0.1) is 0 Å². The summed E-state index contributed by atoms with van der Waals surface area (Å²) in [6.07, 6.45) is 4.67. The Morgan fingerprint density at radius 3 is 2.13 bits per heavy atom. The fourth-order valence-electron chi connectivity index (χ4n) is 1.80. The third kappa shape index (κ3) is 5.05. The molecular formula is C12H23NO2. The van der Waals surface area contributed by atoms with Crippen molar-refractivity contribution < 1.29 is 9.47 Å². The number of hydrogen-bond acceptors (Lipinski definition) is 3. The van der Waals surface area contributed by atoms with Crippen LogP contribution < -0.4 is 0 Å². The highest BCUT2D eigenvalue weighted by atomic mass is 16.7. The van der Waals surface area contributed by atoms with Gasteiger partial charge in [0.15, 0.2) is 0 Å². The molecule has 1 saturated carbocycles. The van der Waals surface area contributed by atoms with Gasteiger partial charge in [-0.1, -0.05) is 6.92 Å². The van der Waals surface area contributed by atoms with E-state index < -0.39 is 0 Å². The van der Waals surface area contributed by atoms with Crippen molar-refractivity contribution in [3.63, 3.8) is 0 Å². The number of rotatable bonds is 1. The molecular weight excluding hydrogens is 190 g/mol. The Bertz CT molecular complexity index is 212. The highest BCUT2D eigenvalue weighted by Gasteiger charge is 2.22. The molecule has 0 atom stereocenters. The maximum atomic E-state index is 7.59. The number of nitrogens with one attached hydrogen (secondary N) is 1. The van der Waals surface area contributed by atoms with E-state index in [1.807, 2.05) is 20.8 Å². The molecule has 0 aromatic carbocycles. The Hall–Kier alpha value is -0.730. The third-order valence-electron chi connectivity index (χ3n) is 2.64. The lowest BCUT2D eigenvalue weighted by molar-refractivity contribution is 0.0185. The maximum Gasteiger partial charge on any atom is 0.381 e. The van der Waals surface area contributed by atoms with Crippen molar-refractivity contribution in [2.45, 2.75) is 65.1 Å². The molecule has 0 aliphatic heterocycles. The molecule has 0 bridgehead atoms. The second kappa shape index (κ2) is 4.86. The Labute approximate surface area is 92.7 Å². The van der Waals surface area contributed by atoms with Gasteiger partial charge in [-0.2, -0.15) is 0 Å². The molecule has 1 fully saturated rings. The minimum Gasteiger partial charge on any atom is -0.448 e. The first-order chi connectivity index (χ1) is 6.87. The molecule has 0 aromatic rings. The van der Waals surface area contributed by atoms with E-state index in [1.54, 1.807) is 0 Å². The third-order valence-corrected chi connectivity index (χ3v) is 2.64. The van der Waals surface area contributed by atoms with E-state index >= 15 is 0 Å². The van der Waals surface area contributed by atoms with Crippen LogP contribution in [0.1, 0.15) is 53.4 Å². The predicted molar refractivity (Wildman–Crippen MR) is 61.1 cm³/mol. The lowest BCUT2D eigenvalue weighted by Gasteiger charge is -2.28. The first kappa shape index (κ1) is 12.3. The Morgan fingerprint density at radius 2 is 1.67 bits per heavy atom. The molecule has 0 spiro atoms. The van der Waals surface area contributed by atoms with E-state index in [4.69, 9.17) is 14.9 Å². The van der Waals surface area contributed by atoms with Crippen LogP contribution in [0.15, 0.2) is 0 Å². The molecule has 0 heterocycles. The molecule has 1 aliphatic carbocycles. The summed E-state index contributed by atoms with van der Waals surface area (Å²) in [6, 6.07) is 0. The average molecular weight is 213 g/mol. The van der Waals surface area contributed by atoms with E-state index in [1.165, 1.54) is 12.8 Å². The summed E-state index contributed by atoms with van der Waals surface area (Å²) in [7, 11) is 0. The van der Waals surface area contributed by atoms with Crippen LogP contribution in [0.2, 0.25) is 0 Å². The lowest BCUT2D eigenvalue weighted by atomic mass is 9.89. The van der Waals surface area contributed by atoms with E-state index in [0.717, 1.165) is 18.8 Å². The Balaban J connectivity index is 2.27. The lowest BCUT2D eigenvalue weighted by Crippen LogP contribution is -2.29. The normalized spacial score (nSPS) is 27.2. The molecule has 1 aliphatic rings. The smallest absolute Gasteiger partial charge is 0.381 e. The highest BCUT2D eigenvalue weighted by molar-refractivity contribution is 5.63. The van der Waals surface area contributed by atoms with Crippen molar-refractivity contribution in [3.05, 3.63) is 0 Å². The van der Waals surface area contributed by atoms with Crippen LogP contribution in [0.5, 0.6) is 0 Å². The van der Waals surface area contributed by atoms with Crippen molar-refractivity contribution >= 4 is 6.08 Å². The van der Waals surface area contributed by atoms with Crippen LogP contribution in [-0.4, -0.2) is 17.8 Å². The Morgan fingerprint density at radius 1 is 1.13 bits per heavy atom. The van der Waals surface area contributed by atoms with Crippen molar-refractivity contribution in [2.24, 2.45) is 5.92 Å². The van der Waals surface area contributed by atoms with Gasteiger partial charge in [0.1, 0.15) is 11.7 Å². The fraction of sp³-hybridized carbons (Fsp3) is 0.917. The van der Waals surface area contributed by atoms with Gasteiger partial charge >= 0.3 is 6.08 Å². The molecule has 3 heteroatoms. The average Bonchev–Trinajstić information content (AvgIpc) is 2.05. The van der Waals surface area contributed by atoms with Crippen LogP contribution in [0.25, 0.3) is 0 Å². The van der Waals surface area contributed by atoms with Crippen LogP contribution in [0.3, 0.4) is 0 Å². The van der Waals surface area contributed by atoms with Crippen molar-refractivity contribution in [2.75, 3.05) is 0 Å². The minimum atomic E-state index is -0.334. The topological polar surface area (TPSA) is 42.3 Å². The zero-order valence-electron chi connectivity index (χ0n) is 10.3. The maximum absolute atomic E-state index is 7.59. The number of ether oxygens (including phenoxy) is 2. The van der Waals surface area contributed by atoms with Gasteiger partial charge in [-0.05, 0) is 52.4 Å². The van der Waals surface area contributed by atoms with Gasteiger partial charge in [0.2, 0.25) is 0 Å². The zero-order chi connectivity index (χ0) is 11.5. The molecule has 3 nitrogen and oxygen atoms in total. The summed E-state index contributed by atoms with van der Waals surface area (Å²) in [5.74, 6) is 0.808. The van der Waals surface area contributed by atoms with E-state index in [-0.39, 0.29) is 17.8 Å². The first-order valence-electron chi connectivity index (χ1n) is 5.81. The van der Waals surface area contributed by atoms with E-state index in [9.17, 15) is 0 Å². The van der Waals surface area contributed by atoms with Crippen molar-refractivity contribution in [1.29, 1.82) is 5.41 Å². The van der Waals surface area contributed by atoms with Crippen molar-refractivity contribution in [3.8, 4) is 0 Å². The fourth-order valence-corrected chi connectivity index (χ4v) is 1.80.